The van der Waals surface area contributed by atoms with Gasteiger partial charge in [0, 0.05) is 31.1 Å². The lowest BCUT2D eigenvalue weighted by molar-refractivity contribution is -0.237. The van der Waals surface area contributed by atoms with Crippen LogP contribution in [0.5, 0.6) is 5.88 Å². The number of aromatic nitrogens is 5. The molecule has 29 heavy (non-hydrogen) atoms. The Morgan fingerprint density at radius 2 is 1.72 bits per heavy atom. The molecule has 0 radical (unpaired) electrons. The van der Waals surface area contributed by atoms with Gasteiger partial charge in [-0.1, -0.05) is 13.8 Å². The van der Waals surface area contributed by atoms with E-state index in [1.807, 2.05) is 0 Å². The maximum absolute atomic E-state index is 13.8. The Hall–Kier alpha value is -2.89. The summed E-state index contributed by atoms with van der Waals surface area (Å²) in [6.45, 7) is 2.77. The third-order valence-corrected chi connectivity index (χ3v) is 4.02. The Kier molecular flexibility index (Phi) is 5.39. The van der Waals surface area contributed by atoms with Crippen molar-refractivity contribution in [1.29, 1.82) is 0 Å². The zero-order valence-corrected chi connectivity index (χ0v) is 15.5. The number of nitrogens with zero attached hydrogens (tertiary/aromatic N) is 5. The molecular formula is C17H16F5N5O2. The predicted molar refractivity (Wildman–Crippen MR) is 90.2 cm³/mol. The minimum absolute atomic E-state index is 0.0679. The maximum Gasteiger partial charge on any atom is 0.425 e. The van der Waals surface area contributed by atoms with E-state index in [1.165, 1.54) is 44.6 Å². The van der Waals surface area contributed by atoms with Crippen molar-refractivity contribution in [1.82, 2.24) is 24.6 Å². The summed E-state index contributed by atoms with van der Waals surface area (Å²) < 4.78 is 76.9. The summed E-state index contributed by atoms with van der Waals surface area (Å²) in [5.74, 6) is -1.77. The monoisotopic (exact) mass is 417 g/mol. The van der Waals surface area contributed by atoms with Crippen LogP contribution in [-0.4, -0.2) is 44.0 Å². The Morgan fingerprint density at radius 3 is 2.28 bits per heavy atom. The third-order valence-electron chi connectivity index (χ3n) is 4.02. The highest BCUT2D eigenvalue weighted by Crippen LogP contribution is 2.30. The number of hydrogen-bond acceptors (Lipinski definition) is 6. The summed E-state index contributed by atoms with van der Waals surface area (Å²) in [7, 11) is 0.831. The molecule has 0 bridgehead atoms. The van der Waals surface area contributed by atoms with Crippen LogP contribution >= 0.6 is 0 Å². The first-order valence-corrected chi connectivity index (χ1v) is 8.37. The summed E-state index contributed by atoms with van der Waals surface area (Å²) in [4.78, 5) is 7.96. The first-order chi connectivity index (χ1) is 13.5. The molecule has 3 heterocycles. The van der Waals surface area contributed by atoms with Gasteiger partial charge in [0.15, 0.2) is 11.8 Å². The van der Waals surface area contributed by atoms with Crippen LogP contribution in [0.4, 0.5) is 22.0 Å². The van der Waals surface area contributed by atoms with Crippen LogP contribution in [0.15, 0.2) is 30.7 Å². The summed E-state index contributed by atoms with van der Waals surface area (Å²) >= 11 is 0. The quantitative estimate of drug-likeness (QED) is 0.568. The minimum atomic E-state index is -4.54. The molecule has 0 saturated carbocycles. The predicted octanol–water partition coefficient (Wildman–Crippen LogP) is 3.85. The number of halogens is 5. The van der Waals surface area contributed by atoms with Crippen LogP contribution in [0, 0.1) is 5.92 Å². The Morgan fingerprint density at radius 1 is 1.00 bits per heavy atom. The zero-order valence-electron chi connectivity index (χ0n) is 15.5. The third kappa shape index (κ3) is 4.26. The van der Waals surface area contributed by atoms with Crippen molar-refractivity contribution < 1.29 is 31.4 Å². The summed E-state index contributed by atoms with van der Waals surface area (Å²) in [6, 6.07) is 2.67. The van der Waals surface area contributed by atoms with Crippen molar-refractivity contribution in [2.45, 2.75) is 32.2 Å². The molecule has 0 aliphatic heterocycles. The normalized spacial score (nSPS) is 13.8. The van der Waals surface area contributed by atoms with Gasteiger partial charge in [0.1, 0.15) is 0 Å². The van der Waals surface area contributed by atoms with Gasteiger partial charge in [0.2, 0.25) is 11.7 Å². The van der Waals surface area contributed by atoms with Crippen LogP contribution in [0.1, 0.15) is 19.7 Å². The topological polar surface area (TPSA) is 74.4 Å². The van der Waals surface area contributed by atoms with Crippen molar-refractivity contribution in [3.8, 4) is 17.1 Å². The second-order valence-corrected chi connectivity index (χ2v) is 6.45. The van der Waals surface area contributed by atoms with Crippen LogP contribution in [-0.2, 0) is 10.8 Å². The average Bonchev–Trinajstić information content (AvgIpc) is 3.09. The van der Waals surface area contributed by atoms with Crippen LogP contribution in [0.3, 0.4) is 0 Å². The van der Waals surface area contributed by atoms with E-state index in [-0.39, 0.29) is 17.2 Å². The summed E-state index contributed by atoms with van der Waals surface area (Å²) in [5, 5.41) is 7.02. The first kappa shape index (κ1) is 20.8. The maximum atomic E-state index is 13.8. The molecule has 0 amide bonds. The van der Waals surface area contributed by atoms with Gasteiger partial charge >= 0.3 is 12.3 Å². The van der Waals surface area contributed by atoms with Crippen LogP contribution in [0.25, 0.3) is 16.9 Å². The molecule has 0 aliphatic carbocycles. The lowest BCUT2D eigenvalue weighted by Gasteiger charge is -2.24. The fraction of sp³-hybridized carbons (Fsp3) is 0.412. The number of rotatable bonds is 6. The Bertz CT molecular complexity index is 988. The van der Waals surface area contributed by atoms with Gasteiger partial charge in [0.25, 0.3) is 0 Å². The van der Waals surface area contributed by atoms with Crippen molar-refractivity contribution in [2.75, 3.05) is 7.11 Å². The first-order valence-electron chi connectivity index (χ1n) is 8.37. The standard InChI is InChI=1S/C17H16F5N5O2/c1-9(2)14(16(18,19)20)29-13-5-4-10(6-24-13)11-8-27-12(7-23-11)25-26-15(27)17(21,22)28-3/h4-9,14H,1-3H3/t14-/m1/s1. The number of alkyl halides is 5. The van der Waals surface area contributed by atoms with Gasteiger partial charge in [-0.05, 0) is 12.0 Å². The van der Waals surface area contributed by atoms with E-state index in [0.29, 0.717) is 5.56 Å². The molecule has 0 unspecified atom stereocenters. The molecule has 0 aromatic carbocycles. The van der Waals surface area contributed by atoms with Gasteiger partial charge in [-0.2, -0.15) is 22.0 Å². The highest BCUT2D eigenvalue weighted by atomic mass is 19.4. The van der Waals surface area contributed by atoms with Crippen molar-refractivity contribution in [3.63, 3.8) is 0 Å². The van der Waals surface area contributed by atoms with E-state index >= 15 is 0 Å². The Balaban J connectivity index is 1.90. The zero-order chi connectivity index (χ0) is 21.4. The molecule has 3 aromatic heterocycles. The van der Waals surface area contributed by atoms with Crippen LogP contribution < -0.4 is 4.74 Å². The van der Waals surface area contributed by atoms with Gasteiger partial charge in [-0.25, -0.2) is 4.98 Å². The largest absolute Gasteiger partial charge is 0.464 e. The molecular weight excluding hydrogens is 401 g/mol. The molecule has 3 rings (SSSR count). The van der Waals surface area contributed by atoms with Crippen molar-refractivity contribution >= 4 is 5.65 Å². The molecule has 0 spiro atoms. The average molecular weight is 417 g/mol. The van der Waals surface area contributed by atoms with Gasteiger partial charge in [-0.3, -0.25) is 9.38 Å². The SMILES string of the molecule is COC(F)(F)c1nnc2cnc(-c3ccc(O[C@H](C(C)C)C(F)(F)F)nc3)cn12. The molecule has 7 nitrogen and oxygen atoms in total. The van der Waals surface area contributed by atoms with E-state index in [0.717, 1.165) is 11.5 Å². The molecule has 1 atom stereocenters. The lowest BCUT2D eigenvalue weighted by atomic mass is 10.1. The molecule has 0 N–H and O–H groups in total. The molecule has 3 aromatic rings. The van der Waals surface area contributed by atoms with E-state index in [1.54, 1.807) is 0 Å². The van der Waals surface area contributed by atoms with Crippen molar-refractivity contribution in [3.05, 3.63) is 36.5 Å². The number of methoxy groups -OCH3 is 1. The van der Waals surface area contributed by atoms with E-state index in [2.05, 4.69) is 24.9 Å². The Labute approximate surface area is 161 Å². The molecule has 12 heteroatoms. The summed E-state index contributed by atoms with van der Waals surface area (Å²) in [6.07, 6.45) is -6.51. The van der Waals surface area contributed by atoms with Crippen LogP contribution in [0.2, 0.25) is 0 Å². The second kappa shape index (κ2) is 7.50. The number of hydrogen-bond donors (Lipinski definition) is 0. The van der Waals surface area contributed by atoms with Gasteiger partial charge in [-0.15, -0.1) is 10.2 Å². The summed E-state index contributed by atoms with van der Waals surface area (Å²) in [5.41, 5.74) is 0.659. The van der Waals surface area contributed by atoms with E-state index in [9.17, 15) is 22.0 Å². The number of pyridine rings is 1. The fourth-order valence-electron chi connectivity index (χ4n) is 2.55. The number of fused-ring (bicyclic) bond motifs is 1. The fourth-order valence-corrected chi connectivity index (χ4v) is 2.55. The highest BCUT2D eigenvalue weighted by molar-refractivity contribution is 5.59. The van der Waals surface area contributed by atoms with Gasteiger partial charge in [0.05, 0.1) is 11.9 Å². The minimum Gasteiger partial charge on any atom is -0.464 e. The number of ether oxygens (including phenoxy) is 2. The van der Waals surface area contributed by atoms with E-state index in [4.69, 9.17) is 4.74 Å². The smallest absolute Gasteiger partial charge is 0.425 e. The highest BCUT2D eigenvalue weighted by Gasteiger charge is 2.44. The molecule has 0 aliphatic rings. The second-order valence-electron chi connectivity index (χ2n) is 6.45. The van der Waals surface area contributed by atoms with Crippen molar-refractivity contribution in [2.24, 2.45) is 5.92 Å². The molecule has 0 saturated heterocycles. The van der Waals surface area contributed by atoms with E-state index < -0.39 is 30.1 Å². The van der Waals surface area contributed by atoms with Gasteiger partial charge < -0.3 is 9.47 Å². The molecule has 156 valence electrons. The molecule has 0 fully saturated rings. The lowest BCUT2D eigenvalue weighted by Crippen LogP contribution is -2.39.